The number of benzene rings is 1. The number of hydrazone groups is 1. The van der Waals surface area contributed by atoms with Gasteiger partial charge in [0.15, 0.2) is 0 Å². The lowest BCUT2D eigenvalue weighted by atomic mass is 10.0. The van der Waals surface area contributed by atoms with Crippen molar-refractivity contribution in [1.29, 1.82) is 0 Å². The molecule has 1 heterocycles. The van der Waals surface area contributed by atoms with Crippen molar-refractivity contribution < 1.29 is 0 Å². The second-order valence-electron chi connectivity index (χ2n) is 3.33. The predicted molar refractivity (Wildman–Crippen MR) is 54.7 cm³/mol. The maximum Gasteiger partial charge on any atom is 0.0742 e. The van der Waals surface area contributed by atoms with E-state index in [1.165, 1.54) is 11.3 Å². The van der Waals surface area contributed by atoms with Gasteiger partial charge in [-0.3, -0.25) is 0 Å². The van der Waals surface area contributed by atoms with Crippen LogP contribution in [-0.2, 0) is 0 Å². The van der Waals surface area contributed by atoms with E-state index in [0.717, 1.165) is 12.8 Å². The Morgan fingerprint density at radius 2 is 2.15 bits per heavy atom. The quantitative estimate of drug-likeness (QED) is 0.731. The van der Waals surface area contributed by atoms with Crippen molar-refractivity contribution in [2.75, 3.05) is 0 Å². The first-order valence-corrected chi connectivity index (χ1v) is 4.76. The molecule has 0 saturated carbocycles. The van der Waals surface area contributed by atoms with E-state index in [9.17, 15) is 0 Å². The number of nitrogens with one attached hydrogen (secondary N) is 1. The minimum atomic E-state index is 0.399. The van der Waals surface area contributed by atoms with Gasteiger partial charge in [0.05, 0.1) is 6.04 Å². The molecule has 0 fully saturated rings. The Hall–Kier alpha value is -1.31. The van der Waals surface area contributed by atoms with Gasteiger partial charge in [-0.25, -0.2) is 0 Å². The van der Waals surface area contributed by atoms with Gasteiger partial charge in [-0.2, -0.15) is 5.10 Å². The molecule has 1 N–H and O–H groups in total. The van der Waals surface area contributed by atoms with Gasteiger partial charge in [0, 0.05) is 12.1 Å². The molecular weight excluding hydrogens is 160 g/mol. The molecule has 0 aromatic heterocycles. The summed E-state index contributed by atoms with van der Waals surface area (Å²) in [5.74, 6) is 0. The van der Waals surface area contributed by atoms with Crippen LogP contribution in [0.15, 0.2) is 35.4 Å². The van der Waals surface area contributed by atoms with E-state index in [0.29, 0.717) is 6.04 Å². The molecule has 1 unspecified atom stereocenters. The fourth-order valence-corrected chi connectivity index (χ4v) is 1.60. The van der Waals surface area contributed by atoms with Crippen molar-refractivity contribution >= 4 is 5.71 Å². The molecule has 1 atom stereocenters. The summed E-state index contributed by atoms with van der Waals surface area (Å²) in [5, 5.41) is 4.28. The molecule has 0 bridgehead atoms. The van der Waals surface area contributed by atoms with Gasteiger partial charge in [0.25, 0.3) is 0 Å². The minimum absolute atomic E-state index is 0.399. The SMILES string of the molecule is CCC1=NNC(c2ccccc2)C1. The van der Waals surface area contributed by atoms with Crippen molar-refractivity contribution in [1.82, 2.24) is 5.43 Å². The average Bonchev–Trinajstić information content (AvgIpc) is 2.67. The molecule has 1 aliphatic heterocycles. The molecule has 2 nitrogen and oxygen atoms in total. The summed E-state index contributed by atoms with van der Waals surface area (Å²) in [5.41, 5.74) is 5.76. The summed E-state index contributed by atoms with van der Waals surface area (Å²) < 4.78 is 0. The summed E-state index contributed by atoms with van der Waals surface area (Å²) in [7, 11) is 0. The van der Waals surface area contributed by atoms with Gasteiger partial charge in [-0.05, 0) is 12.0 Å². The van der Waals surface area contributed by atoms with Gasteiger partial charge in [-0.1, -0.05) is 37.3 Å². The van der Waals surface area contributed by atoms with Crippen molar-refractivity contribution in [3.63, 3.8) is 0 Å². The highest BCUT2D eigenvalue weighted by Crippen LogP contribution is 2.21. The van der Waals surface area contributed by atoms with Crippen LogP contribution in [0.5, 0.6) is 0 Å². The first-order chi connectivity index (χ1) is 6.40. The molecule has 0 saturated heterocycles. The second-order valence-corrected chi connectivity index (χ2v) is 3.33. The Morgan fingerprint density at radius 1 is 1.38 bits per heavy atom. The molecule has 0 radical (unpaired) electrons. The Labute approximate surface area is 78.7 Å². The second kappa shape index (κ2) is 3.60. The van der Waals surface area contributed by atoms with Crippen LogP contribution in [-0.4, -0.2) is 5.71 Å². The number of nitrogens with zero attached hydrogens (tertiary/aromatic N) is 1. The van der Waals surface area contributed by atoms with E-state index in [1.807, 2.05) is 6.07 Å². The average molecular weight is 174 g/mol. The maximum absolute atomic E-state index is 4.28. The van der Waals surface area contributed by atoms with Crippen LogP contribution in [0.2, 0.25) is 0 Å². The normalized spacial score (nSPS) is 21.0. The lowest BCUT2D eigenvalue weighted by Crippen LogP contribution is -2.09. The Morgan fingerprint density at radius 3 is 2.77 bits per heavy atom. The number of hydrogen-bond donors (Lipinski definition) is 1. The highest BCUT2D eigenvalue weighted by molar-refractivity contribution is 5.86. The molecular formula is C11H14N2. The Kier molecular flexibility index (Phi) is 2.30. The van der Waals surface area contributed by atoms with E-state index in [-0.39, 0.29) is 0 Å². The van der Waals surface area contributed by atoms with Gasteiger partial charge in [-0.15, -0.1) is 0 Å². The lowest BCUT2D eigenvalue weighted by Gasteiger charge is -2.08. The van der Waals surface area contributed by atoms with Crippen molar-refractivity contribution in [2.45, 2.75) is 25.8 Å². The third-order valence-corrected chi connectivity index (χ3v) is 2.43. The van der Waals surface area contributed by atoms with E-state index >= 15 is 0 Å². The highest BCUT2D eigenvalue weighted by Gasteiger charge is 2.17. The maximum atomic E-state index is 4.28. The summed E-state index contributed by atoms with van der Waals surface area (Å²) in [6.45, 7) is 2.15. The van der Waals surface area contributed by atoms with Gasteiger partial charge in [0.1, 0.15) is 0 Å². The molecule has 2 heteroatoms. The van der Waals surface area contributed by atoms with Crippen LogP contribution in [0.25, 0.3) is 0 Å². The smallest absolute Gasteiger partial charge is 0.0742 e. The molecule has 1 aliphatic rings. The summed E-state index contributed by atoms with van der Waals surface area (Å²) in [6.07, 6.45) is 2.11. The van der Waals surface area contributed by atoms with Gasteiger partial charge in [0.2, 0.25) is 0 Å². The van der Waals surface area contributed by atoms with Crippen LogP contribution >= 0.6 is 0 Å². The van der Waals surface area contributed by atoms with Crippen LogP contribution in [0.4, 0.5) is 0 Å². The Bertz CT molecular complexity index is 303. The fourth-order valence-electron chi connectivity index (χ4n) is 1.60. The summed E-state index contributed by atoms with van der Waals surface area (Å²) in [6, 6.07) is 10.9. The first-order valence-electron chi connectivity index (χ1n) is 4.76. The zero-order chi connectivity index (χ0) is 9.10. The topological polar surface area (TPSA) is 24.4 Å². The van der Waals surface area contributed by atoms with Gasteiger partial charge < -0.3 is 5.43 Å². The first kappa shape index (κ1) is 8.30. The fraction of sp³-hybridized carbons (Fsp3) is 0.364. The molecule has 2 rings (SSSR count). The van der Waals surface area contributed by atoms with E-state index in [4.69, 9.17) is 0 Å². The molecule has 68 valence electrons. The summed E-state index contributed by atoms with van der Waals surface area (Å²) >= 11 is 0. The molecule has 1 aromatic rings. The molecule has 0 amide bonds. The summed E-state index contributed by atoms with van der Waals surface area (Å²) in [4.78, 5) is 0. The highest BCUT2D eigenvalue weighted by atomic mass is 15.3. The third kappa shape index (κ3) is 1.72. The van der Waals surface area contributed by atoms with Crippen molar-refractivity contribution in [3.8, 4) is 0 Å². The van der Waals surface area contributed by atoms with Crippen LogP contribution < -0.4 is 5.43 Å². The van der Waals surface area contributed by atoms with E-state index < -0.39 is 0 Å². The lowest BCUT2D eigenvalue weighted by molar-refractivity contribution is 0.620. The van der Waals surface area contributed by atoms with Crippen LogP contribution in [0.1, 0.15) is 31.4 Å². The predicted octanol–water partition coefficient (Wildman–Crippen LogP) is 2.49. The standard InChI is InChI=1S/C11H14N2/c1-2-10-8-11(13-12-10)9-6-4-3-5-7-9/h3-7,11,13H,2,8H2,1H3. The van der Waals surface area contributed by atoms with E-state index in [2.05, 4.69) is 41.7 Å². The number of rotatable bonds is 2. The largest absolute Gasteiger partial charge is 0.302 e. The Balaban J connectivity index is 2.07. The van der Waals surface area contributed by atoms with E-state index in [1.54, 1.807) is 0 Å². The zero-order valence-electron chi connectivity index (χ0n) is 7.83. The van der Waals surface area contributed by atoms with Gasteiger partial charge >= 0.3 is 0 Å². The van der Waals surface area contributed by atoms with Crippen molar-refractivity contribution in [2.24, 2.45) is 5.10 Å². The minimum Gasteiger partial charge on any atom is -0.302 e. The molecule has 13 heavy (non-hydrogen) atoms. The zero-order valence-corrected chi connectivity index (χ0v) is 7.83. The third-order valence-electron chi connectivity index (χ3n) is 2.43. The molecule has 0 aliphatic carbocycles. The van der Waals surface area contributed by atoms with Crippen molar-refractivity contribution in [3.05, 3.63) is 35.9 Å². The van der Waals surface area contributed by atoms with Crippen LogP contribution in [0.3, 0.4) is 0 Å². The molecule has 0 spiro atoms. The monoisotopic (exact) mass is 174 g/mol. The van der Waals surface area contributed by atoms with Crippen LogP contribution in [0, 0.1) is 0 Å². The molecule has 1 aromatic carbocycles. The number of hydrogen-bond acceptors (Lipinski definition) is 2.